The highest BCUT2D eigenvalue weighted by molar-refractivity contribution is 5.96. The van der Waals surface area contributed by atoms with Crippen LogP contribution in [0.5, 0.6) is 0 Å². The molecule has 2 heteroatoms. The van der Waals surface area contributed by atoms with E-state index in [1.165, 1.54) is 22.2 Å². The Kier molecular flexibility index (Phi) is 1.23. The number of hydrogen-bond donors (Lipinski definition) is 1. The van der Waals surface area contributed by atoms with Gasteiger partial charge in [-0.15, -0.1) is 0 Å². The second-order valence-corrected chi connectivity index (χ2v) is 3.64. The maximum atomic E-state index is 3.43. The summed E-state index contributed by atoms with van der Waals surface area (Å²) >= 11 is 0. The summed E-state index contributed by atoms with van der Waals surface area (Å²) < 4.78 is 2.21. The summed E-state index contributed by atoms with van der Waals surface area (Å²) in [6, 6.07) is 6.44. The molecule has 0 atom stereocenters. The zero-order chi connectivity index (χ0) is 8.84. The summed E-state index contributed by atoms with van der Waals surface area (Å²) in [5, 5.41) is 4.84. The first-order chi connectivity index (χ1) is 6.36. The van der Waals surface area contributed by atoms with E-state index in [4.69, 9.17) is 0 Å². The van der Waals surface area contributed by atoms with Gasteiger partial charge in [-0.05, 0) is 24.1 Å². The predicted octanol–water partition coefficient (Wildman–Crippen LogP) is 2.15. The Hall–Kier alpha value is -1.44. The monoisotopic (exact) mass is 172 g/mol. The number of aryl methyl sites for hydroxylation is 1. The molecule has 1 aromatic carbocycles. The minimum absolute atomic E-state index is 1.07. The summed E-state index contributed by atoms with van der Waals surface area (Å²) in [6.07, 6.45) is 3.39. The van der Waals surface area contributed by atoms with Crippen molar-refractivity contribution in [1.29, 1.82) is 0 Å². The van der Waals surface area contributed by atoms with Crippen LogP contribution in [0, 0.1) is 0 Å². The Morgan fingerprint density at radius 1 is 1.38 bits per heavy atom. The van der Waals surface area contributed by atoms with Crippen LogP contribution in [-0.2, 0) is 13.5 Å². The van der Waals surface area contributed by atoms with E-state index in [0.717, 1.165) is 13.0 Å². The van der Waals surface area contributed by atoms with Gasteiger partial charge in [0.25, 0.3) is 0 Å². The van der Waals surface area contributed by atoms with Crippen LogP contribution in [0.4, 0.5) is 5.69 Å². The van der Waals surface area contributed by atoms with Crippen molar-refractivity contribution >= 4 is 16.6 Å². The molecule has 3 rings (SSSR count). The van der Waals surface area contributed by atoms with Gasteiger partial charge in [0.15, 0.2) is 0 Å². The highest BCUT2D eigenvalue weighted by Gasteiger charge is 2.13. The molecule has 0 unspecified atom stereocenters. The molecule has 1 aliphatic heterocycles. The van der Waals surface area contributed by atoms with Crippen molar-refractivity contribution < 1.29 is 0 Å². The third kappa shape index (κ3) is 0.829. The van der Waals surface area contributed by atoms with Crippen molar-refractivity contribution in [2.24, 2.45) is 7.05 Å². The third-order valence-corrected chi connectivity index (χ3v) is 2.80. The summed E-state index contributed by atoms with van der Waals surface area (Å²) in [5.74, 6) is 0. The highest BCUT2D eigenvalue weighted by atomic mass is 14.9. The number of rotatable bonds is 0. The van der Waals surface area contributed by atoms with Crippen LogP contribution in [0.15, 0.2) is 24.4 Å². The first-order valence-corrected chi connectivity index (χ1v) is 4.67. The number of benzene rings is 1. The fraction of sp³-hybridized carbons (Fsp3) is 0.273. The van der Waals surface area contributed by atoms with Gasteiger partial charge in [-0.2, -0.15) is 0 Å². The van der Waals surface area contributed by atoms with E-state index in [9.17, 15) is 0 Å². The van der Waals surface area contributed by atoms with Crippen LogP contribution in [0.3, 0.4) is 0 Å². The standard InChI is InChI=1S/C11H12N2/c1-13-7-8-5-6-12-9-3-2-4-10(13)11(8)9/h2-4,7,12H,5-6H2,1H3. The quantitative estimate of drug-likeness (QED) is 0.644. The molecule has 0 bridgehead atoms. The van der Waals surface area contributed by atoms with Gasteiger partial charge in [-0.1, -0.05) is 6.07 Å². The molecular formula is C11H12N2. The van der Waals surface area contributed by atoms with Gasteiger partial charge < -0.3 is 9.88 Å². The topological polar surface area (TPSA) is 17.0 Å². The van der Waals surface area contributed by atoms with Gasteiger partial charge in [0, 0.05) is 30.9 Å². The van der Waals surface area contributed by atoms with Crippen LogP contribution in [0.1, 0.15) is 5.56 Å². The van der Waals surface area contributed by atoms with Gasteiger partial charge in [0.2, 0.25) is 0 Å². The van der Waals surface area contributed by atoms with Crippen molar-refractivity contribution in [3.05, 3.63) is 30.0 Å². The molecule has 2 heterocycles. The SMILES string of the molecule is Cn1cc2c3c(cccc31)NCC2. The van der Waals surface area contributed by atoms with E-state index < -0.39 is 0 Å². The van der Waals surface area contributed by atoms with Gasteiger partial charge >= 0.3 is 0 Å². The van der Waals surface area contributed by atoms with Crippen molar-refractivity contribution in [1.82, 2.24) is 4.57 Å². The second kappa shape index (κ2) is 2.28. The predicted molar refractivity (Wildman–Crippen MR) is 55.1 cm³/mol. The van der Waals surface area contributed by atoms with Gasteiger partial charge in [-0.3, -0.25) is 0 Å². The molecule has 1 N–H and O–H groups in total. The summed E-state index contributed by atoms with van der Waals surface area (Å²) in [4.78, 5) is 0. The number of hydrogen-bond acceptors (Lipinski definition) is 1. The van der Waals surface area contributed by atoms with Crippen LogP contribution in [-0.4, -0.2) is 11.1 Å². The van der Waals surface area contributed by atoms with E-state index in [0.29, 0.717) is 0 Å². The third-order valence-electron chi connectivity index (χ3n) is 2.80. The maximum Gasteiger partial charge on any atom is 0.0501 e. The van der Waals surface area contributed by atoms with Gasteiger partial charge in [0.05, 0.1) is 5.52 Å². The average Bonchev–Trinajstić information content (AvgIpc) is 2.47. The smallest absolute Gasteiger partial charge is 0.0501 e. The maximum absolute atomic E-state index is 3.43. The van der Waals surface area contributed by atoms with Crippen molar-refractivity contribution in [2.45, 2.75) is 6.42 Å². The summed E-state index contributed by atoms with van der Waals surface area (Å²) in [7, 11) is 2.11. The van der Waals surface area contributed by atoms with Crippen molar-refractivity contribution in [2.75, 3.05) is 11.9 Å². The Balaban J connectivity index is 2.51. The molecule has 13 heavy (non-hydrogen) atoms. The molecule has 2 nitrogen and oxygen atoms in total. The highest BCUT2D eigenvalue weighted by Crippen LogP contribution is 2.31. The minimum atomic E-state index is 1.07. The number of aromatic nitrogens is 1. The van der Waals surface area contributed by atoms with Crippen molar-refractivity contribution in [3.8, 4) is 0 Å². The van der Waals surface area contributed by atoms with E-state index in [1.54, 1.807) is 0 Å². The Labute approximate surface area is 77.2 Å². The minimum Gasteiger partial charge on any atom is -0.384 e. The fourth-order valence-electron chi connectivity index (χ4n) is 2.21. The lowest BCUT2D eigenvalue weighted by atomic mass is 10.1. The van der Waals surface area contributed by atoms with E-state index in [-0.39, 0.29) is 0 Å². The molecule has 2 aromatic rings. The molecule has 0 radical (unpaired) electrons. The van der Waals surface area contributed by atoms with Crippen LogP contribution in [0.2, 0.25) is 0 Å². The molecule has 1 aliphatic rings. The molecule has 0 aliphatic carbocycles. The molecule has 0 fully saturated rings. The van der Waals surface area contributed by atoms with E-state index in [1.807, 2.05) is 0 Å². The van der Waals surface area contributed by atoms with Gasteiger partial charge in [-0.25, -0.2) is 0 Å². The Bertz CT molecular complexity index is 468. The van der Waals surface area contributed by atoms with Crippen molar-refractivity contribution in [3.63, 3.8) is 0 Å². The zero-order valence-electron chi connectivity index (χ0n) is 7.67. The van der Waals surface area contributed by atoms with E-state index in [2.05, 4.69) is 41.3 Å². The molecular weight excluding hydrogens is 160 g/mol. The molecule has 66 valence electrons. The fourth-order valence-corrected chi connectivity index (χ4v) is 2.21. The molecule has 1 aromatic heterocycles. The van der Waals surface area contributed by atoms with Crippen LogP contribution < -0.4 is 5.32 Å². The Morgan fingerprint density at radius 2 is 2.31 bits per heavy atom. The number of anilines is 1. The van der Waals surface area contributed by atoms with Crippen LogP contribution >= 0.6 is 0 Å². The first kappa shape index (κ1) is 7.01. The molecule has 0 amide bonds. The Morgan fingerprint density at radius 3 is 3.23 bits per heavy atom. The first-order valence-electron chi connectivity index (χ1n) is 4.67. The second-order valence-electron chi connectivity index (χ2n) is 3.64. The lowest BCUT2D eigenvalue weighted by Crippen LogP contribution is -2.09. The average molecular weight is 172 g/mol. The number of nitrogens with zero attached hydrogens (tertiary/aromatic N) is 1. The largest absolute Gasteiger partial charge is 0.384 e. The lowest BCUT2D eigenvalue weighted by Gasteiger charge is -2.14. The van der Waals surface area contributed by atoms with Crippen LogP contribution in [0.25, 0.3) is 10.9 Å². The summed E-state index contributed by atoms with van der Waals surface area (Å²) in [6.45, 7) is 1.07. The molecule has 0 saturated heterocycles. The summed E-state index contributed by atoms with van der Waals surface area (Å²) in [5.41, 5.74) is 4.10. The van der Waals surface area contributed by atoms with E-state index >= 15 is 0 Å². The zero-order valence-corrected chi connectivity index (χ0v) is 7.67. The molecule has 0 saturated carbocycles. The normalized spacial score (nSPS) is 14.5. The lowest BCUT2D eigenvalue weighted by molar-refractivity contribution is 0.943. The molecule has 0 spiro atoms. The number of nitrogens with one attached hydrogen (secondary N) is 1. The van der Waals surface area contributed by atoms with Gasteiger partial charge in [0.1, 0.15) is 0 Å².